The zero-order chi connectivity index (χ0) is 17.2. The van der Waals surface area contributed by atoms with Gasteiger partial charge in [0.15, 0.2) is 0 Å². The Hall–Kier alpha value is -2.73. The molecule has 0 radical (unpaired) electrons. The summed E-state index contributed by atoms with van der Waals surface area (Å²) in [4.78, 5) is 4.60. The molecule has 4 rings (SSSR count). The summed E-state index contributed by atoms with van der Waals surface area (Å²) >= 11 is 1.61. The normalized spacial score (nSPS) is 16.0. The molecule has 0 spiro atoms. The van der Waals surface area contributed by atoms with Crippen LogP contribution in [0.3, 0.4) is 0 Å². The van der Waals surface area contributed by atoms with Crippen LogP contribution in [0.25, 0.3) is 5.70 Å². The van der Waals surface area contributed by atoms with Gasteiger partial charge >= 0.3 is 0 Å². The van der Waals surface area contributed by atoms with E-state index in [1.54, 1.807) is 17.8 Å². The summed E-state index contributed by atoms with van der Waals surface area (Å²) < 4.78 is 1.90. The average molecular weight is 350 g/mol. The number of anilines is 1. The first-order valence-electron chi connectivity index (χ1n) is 8.17. The monoisotopic (exact) mass is 350 g/mol. The highest BCUT2D eigenvalue weighted by molar-refractivity contribution is 7.99. The van der Waals surface area contributed by atoms with E-state index in [1.165, 1.54) is 0 Å². The standard InChI is InChI=1S/C19H18N4OS/c1-2-25-19-21-18-20-15(14-10-6-7-11-17(14)24)12-16(23(18)22-19)13-8-4-3-5-9-13/h3-12,16,24H,2H2,1H3,(H,20,21,22)/t16-/m1/s1. The summed E-state index contributed by atoms with van der Waals surface area (Å²) in [5, 5.41) is 18.9. The molecule has 1 aliphatic heterocycles. The van der Waals surface area contributed by atoms with E-state index in [2.05, 4.69) is 40.5 Å². The lowest BCUT2D eigenvalue weighted by Crippen LogP contribution is -2.20. The van der Waals surface area contributed by atoms with E-state index in [4.69, 9.17) is 0 Å². The predicted molar refractivity (Wildman–Crippen MR) is 101 cm³/mol. The number of nitrogens with one attached hydrogen (secondary N) is 1. The van der Waals surface area contributed by atoms with Gasteiger partial charge in [-0.05, 0) is 29.5 Å². The molecule has 0 unspecified atom stereocenters. The molecule has 0 bridgehead atoms. The van der Waals surface area contributed by atoms with Crippen LogP contribution in [-0.2, 0) is 0 Å². The Labute approximate surface area is 150 Å². The van der Waals surface area contributed by atoms with Crippen molar-refractivity contribution in [3.8, 4) is 5.75 Å². The number of benzene rings is 2. The van der Waals surface area contributed by atoms with Crippen molar-refractivity contribution in [2.24, 2.45) is 0 Å². The van der Waals surface area contributed by atoms with Gasteiger partial charge in [-0.3, -0.25) is 0 Å². The van der Waals surface area contributed by atoms with Crippen molar-refractivity contribution in [3.63, 3.8) is 0 Å². The quantitative estimate of drug-likeness (QED) is 0.692. The molecule has 2 heterocycles. The molecule has 0 saturated carbocycles. The van der Waals surface area contributed by atoms with E-state index in [9.17, 15) is 5.11 Å². The minimum Gasteiger partial charge on any atom is -0.507 e. The van der Waals surface area contributed by atoms with Gasteiger partial charge in [0.1, 0.15) is 11.8 Å². The highest BCUT2D eigenvalue weighted by Gasteiger charge is 2.25. The van der Waals surface area contributed by atoms with Gasteiger partial charge in [0.05, 0.1) is 5.70 Å². The number of fused-ring (bicyclic) bond motifs is 1. The van der Waals surface area contributed by atoms with Crippen molar-refractivity contribution < 1.29 is 5.11 Å². The molecule has 3 aromatic rings. The molecular weight excluding hydrogens is 332 g/mol. The Morgan fingerprint density at radius 2 is 1.88 bits per heavy atom. The number of para-hydroxylation sites is 1. The Bertz CT molecular complexity index is 920. The summed E-state index contributed by atoms with van der Waals surface area (Å²) in [6.07, 6.45) is 2.08. The predicted octanol–water partition coefficient (Wildman–Crippen LogP) is 4.15. The molecule has 25 heavy (non-hydrogen) atoms. The first-order valence-corrected chi connectivity index (χ1v) is 9.16. The van der Waals surface area contributed by atoms with E-state index >= 15 is 0 Å². The van der Waals surface area contributed by atoms with E-state index in [1.807, 2.05) is 41.1 Å². The zero-order valence-electron chi connectivity index (χ0n) is 13.8. The maximum absolute atomic E-state index is 10.2. The molecule has 1 atom stereocenters. The van der Waals surface area contributed by atoms with Gasteiger partial charge in [-0.25, -0.2) is 4.68 Å². The third kappa shape index (κ3) is 3.00. The lowest BCUT2D eigenvalue weighted by Gasteiger charge is -2.24. The van der Waals surface area contributed by atoms with Crippen LogP contribution in [0.1, 0.15) is 24.1 Å². The largest absolute Gasteiger partial charge is 0.507 e. The minimum absolute atomic E-state index is 0.0780. The molecule has 2 aromatic carbocycles. The maximum Gasteiger partial charge on any atom is 0.227 e. The van der Waals surface area contributed by atoms with E-state index in [0.29, 0.717) is 5.95 Å². The Kier molecular flexibility index (Phi) is 4.19. The van der Waals surface area contributed by atoms with Crippen LogP contribution in [0.2, 0.25) is 0 Å². The summed E-state index contributed by atoms with van der Waals surface area (Å²) in [7, 11) is 0. The zero-order valence-corrected chi connectivity index (χ0v) is 14.6. The second kappa shape index (κ2) is 6.64. The topological polar surface area (TPSA) is 63.0 Å². The second-order valence-electron chi connectivity index (χ2n) is 5.67. The smallest absolute Gasteiger partial charge is 0.227 e. The van der Waals surface area contributed by atoms with Crippen molar-refractivity contribution in [2.75, 3.05) is 11.1 Å². The Balaban J connectivity index is 1.83. The van der Waals surface area contributed by atoms with Crippen molar-refractivity contribution in [2.45, 2.75) is 18.1 Å². The van der Waals surface area contributed by atoms with Crippen LogP contribution >= 0.6 is 11.8 Å². The number of hydrogen-bond donors (Lipinski definition) is 2. The summed E-state index contributed by atoms with van der Waals surface area (Å²) in [6.45, 7) is 2.08. The fourth-order valence-corrected chi connectivity index (χ4v) is 3.46. The first kappa shape index (κ1) is 15.8. The highest BCUT2D eigenvalue weighted by atomic mass is 32.2. The van der Waals surface area contributed by atoms with Gasteiger partial charge < -0.3 is 10.4 Å². The molecule has 6 heteroatoms. The van der Waals surface area contributed by atoms with Gasteiger partial charge in [0.25, 0.3) is 0 Å². The third-order valence-corrected chi connectivity index (χ3v) is 4.77. The Morgan fingerprint density at radius 3 is 2.64 bits per heavy atom. The third-order valence-electron chi connectivity index (χ3n) is 4.06. The molecule has 5 nitrogen and oxygen atoms in total. The number of phenolic OH excluding ortho intramolecular Hbond substituents is 1. The van der Waals surface area contributed by atoms with Crippen LogP contribution in [0.15, 0.2) is 65.8 Å². The highest BCUT2D eigenvalue weighted by Crippen LogP contribution is 2.35. The molecule has 2 N–H and O–H groups in total. The molecule has 0 saturated heterocycles. The summed E-state index contributed by atoms with van der Waals surface area (Å²) in [5.74, 6) is 1.84. The number of aromatic hydroxyl groups is 1. The van der Waals surface area contributed by atoms with E-state index in [-0.39, 0.29) is 11.8 Å². The van der Waals surface area contributed by atoms with Gasteiger partial charge in [0, 0.05) is 5.56 Å². The summed E-state index contributed by atoms with van der Waals surface area (Å²) in [5.41, 5.74) is 2.71. The molecule has 1 aromatic heterocycles. The Morgan fingerprint density at radius 1 is 1.12 bits per heavy atom. The van der Waals surface area contributed by atoms with E-state index in [0.717, 1.165) is 27.7 Å². The maximum atomic E-state index is 10.2. The van der Waals surface area contributed by atoms with Crippen LogP contribution in [0, 0.1) is 0 Å². The van der Waals surface area contributed by atoms with Crippen molar-refractivity contribution in [1.82, 2.24) is 14.8 Å². The molecule has 0 aliphatic carbocycles. The summed E-state index contributed by atoms with van der Waals surface area (Å²) in [6, 6.07) is 17.4. The van der Waals surface area contributed by atoms with Crippen LogP contribution in [-0.4, -0.2) is 25.6 Å². The van der Waals surface area contributed by atoms with Gasteiger partial charge in [-0.2, -0.15) is 4.98 Å². The van der Waals surface area contributed by atoms with Crippen LogP contribution < -0.4 is 5.32 Å². The lowest BCUT2D eigenvalue weighted by molar-refractivity contribution is 0.473. The molecular formula is C19H18N4OS. The molecule has 1 aliphatic rings. The molecule has 126 valence electrons. The number of hydrogen-bond acceptors (Lipinski definition) is 5. The fourth-order valence-electron chi connectivity index (χ4n) is 2.91. The number of phenols is 1. The van der Waals surface area contributed by atoms with Crippen LogP contribution in [0.4, 0.5) is 5.95 Å². The number of rotatable bonds is 4. The number of aromatic nitrogens is 3. The second-order valence-corrected chi connectivity index (χ2v) is 6.90. The van der Waals surface area contributed by atoms with Crippen molar-refractivity contribution in [3.05, 3.63) is 71.8 Å². The van der Waals surface area contributed by atoms with Gasteiger partial charge in [-0.15, -0.1) is 5.10 Å². The lowest BCUT2D eigenvalue weighted by atomic mass is 10.0. The first-order chi connectivity index (χ1) is 12.3. The van der Waals surface area contributed by atoms with Crippen LogP contribution in [0.5, 0.6) is 5.75 Å². The molecule has 0 fully saturated rings. The van der Waals surface area contributed by atoms with Crippen molar-refractivity contribution in [1.29, 1.82) is 0 Å². The van der Waals surface area contributed by atoms with Gasteiger partial charge in [-0.1, -0.05) is 61.2 Å². The van der Waals surface area contributed by atoms with Gasteiger partial charge in [0.2, 0.25) is 11.1 Å². The average Bonchev–Trinajstić information content (AvgIpc) is 3.05. The number of allylic oxidation sites excluding steroid dienone is 1. The fraction of sp³-hybridized carbons (Fsp3) is 0.158. The number of thioether (sulfide) groups is 1. The number of nitrogens with zero attached hydrogens (tertiary/aromatic N) is 3. The minimum atomic E-state index is -0.0780. The van der Waals surface area contributed by atoms with E-state index < -0.39 is 0 Å². The van der Waals surface area contributed by atoms with Crippen molar-refractivity contribution >= 4 is 23.4 Å². The molecule has 0 amide bonds. The SMILES string of the molecule is CCSc1nc2n(n1)[C@@H](c1ccccc1)C=C(c1ccccc1O)N2.